The van der Waals surface area contributed by atoms with E-state index in [1.165, 1.54) is 16.8 Å². The topological polar surface area (TPSA) is 101 Å². The molecule has 2 atom stereocenters. The smallest absolute Gasteiger partial charge is 0.276 e. The number of piperidine rings is 1. The molecule has 4 rings (SSSR count). The first kappa shape index (κ1) is 24.1. The number of amides is 1. The molecule has 1 aliphatic heterocycles. The summed E-state index contributed by atoms with van der Waals surface area (Å²) in [7, 11) is -3.63. The van der Waals surface area contributed by atoms with Crippen molar-refractivity contribution in [3.8, 4) is 0 Å². The number of fused-ring (bicyclic) bond motifs is 1. The molecule has 0 aliphatic carbocycles. The number of carbonyl (C=O) groups excluding carboxylic acids is 1. The van der Waals surface area contributed by atoms with Crippen molar-refractivity contribution in [2.24, 2.45) is 0 Å². The summed E-state index contributed by atoms with van der Waals surface area (Å²) in [5.74, 6) is -0.463. The average Bonchev–Trinajstić information content (AvgIpc) is 2.81. The number of rotatable bonds is 6. The van der Waals surface area contributed by atoms with Gasteiger partial charge in [-0.3, -0.25) is 9.59 Å². The van der Waals surface area contributed by atoms with Crippen LogP contribution < -0.4 is 10.9 Å². The standard InChI is InChI=1S/C25H30N4O4S/c1-4-16-28-25(31)22-11-6-5-10-21(22)23(27-28)24(30)26-19-12-14-20(15-13-19)34(32,33)29-17(2)8-7-9-18(29)3/h5-6,10-15,17-18H,4,7-9,16H2,1-3H3,(H,26,30). The fourth-order valence-corrected chi connectivity index (χ4v) is 6.54. The van der Waals surface area contributed by atoms with E-state index in [4.69, 9.17) is 0 Å². The van der Waals surface area contributed by atoms with Crippen molar-refractivity contribution in [1.82, 2.24) is 14.1 Å². The maximum absolute atomic E-state index is 13.2. The van der Waals surface area contributed by atoms with Crippen molar-refractivity contribution >= 4 is 32.4 Å². The lowest BCUT2D eigenvalue weighted by molar-refractivity contribution is 0.102. The number of benzene rings is 2. The molecule has 1 aliphatic rings. The molecule has 2 heterocycles. The van der Waals surface area contributed by atoms with Gasteiger partial charge in [-0.2, -0.15) is 9.40 Å². The van der Waals surface area contributed by atoms with Gasteiger partial charge in [-0.25, -0.2) is 13.1 Å². The summed E-state index contributed by atoms with van der Waals surface area (Å²) in [5.41, 5.74) is 0.365. The summed E-state index contributed by atoms with van der Waals surface area (Å²) in [6.45, 7) is 6.22. The van der Waals surface area contributed by atoms with Crippen LogP contribution in [0, 0.1) is 0 Å². The molecule has 8 nitrogen and oxygen atoms in total. The minimum atomic E-state index is -3.63. The minimum absolute atomic E-state index is 0.0497. The minimum Gasteiger partial charge on any atom is -0.321 e. The Kier molecular flexibility index (Phi) is 6.86. The largest absolute Gasteiger partial charge is 0.321 e. The molecule has 180 valence electrons. The van der Waals surface area contributed by atoms with E-state index in [0.717, 1.165) is 19.3 Å². The van der Waals surface area contributed by atoms with Crippen LogP contribution in [-0.4, -0.2) is 40.5 Å². The number of nitrogens with zero attached hydrogens (tertiary/aromatic N) is 3. The van der Waals surface area contributed by atoms with Crippen LogP contribution in [0.4, 0.5) is 5.69 Å². The highest BCUT2D eigenvalue weighted by molar-refractivity contribution is 7.89. The van der Waals surface area contributed by atoms with Crippen molar-refractivity contribution in [2.75, 3.05) is 5.32 Å². The van der Waals surface area contributed by atoms with Crippen molar-refractivity contribution in [3.05, 3.63) is 64.6 Å². The number of carbonyl (C=O) groups is 1. The summed E-state index contributed by atoms with van der Waals surface area (Å²) >= 11 is 0. The first-order chi connectivity index (χ1) is 16.2. The SMILES string of the molecule is CCCn1nc(C(=O)Nc2ccc(S(=O)(=O)N3C(C)CCCC3C)cc2)c2ccccc2c1=O. The first-order valence-corrected chi connectivity index (χ1v) is 13.1. The molecule has 1 saturated heterocycles. The van der Waals surface area contributed by atoms with E-state index in [1.807, 2.05) is 20.8 Å². The van der Waals surface area contributed by atoms with E-state index < -0.39 is 15.9 Å². The highest BCUT2D eigenvalue weighted by atomic mass is 32.2. The molecule has 1 amide bonds. The molecule has 1 aromatic heterocycles. The van der Waals surface area contributed by atoms with Gasteiger partial charge < -0.3 is 5.32 Å². The van der Waals surface area contributed by atoms with Gasteiger partial charge in [-0.05, 0) is 63.4 Å². The van der Waals surface area contributed by atoms with Gasteiger partial charge >= 0.3 is 0 Å². The lowest BCUT2D eigenvalue weighted by Gasteiger charge is -2.37. The third-order valence-corrected chi connectivity index (χ3v) is 8.46. The molecule has 9 heteroatoms. The van der Waals surface area contributed by atoms with Gasteiger partial charge in [0.05, 0.1) is 10.3 Å². The van der Waals surface area contributed by atoms with Gasteiger partial charge in [-0.1, -0.05) is 31.5 Å². The molecule has 1 fully saturated rings. The molecule has 3 aromatic rings. The molecule has 0 spiro atoms. The second-order valence-electron chi connectivity index (χ2n) is 8.86. The van der Waals surface area contributed by atoms with Crippen LogP contribution in [0.25, 0.3) is 10.8 Å². The van der Waals surface area contributed by atoms with E-state index >= 15 is 0 Å². The Morgan fingerprint density at radius 1 is 1.03 bits per heavy atom. The number of hydrogen-bond acceptors (Lipinski definition) is 5. The fraction of sp³-hybridized carbons (Fsp3) is 0.400. The Labute approximate surface area is 199 Å². The van der Waals surface area contributed by atoms with Gasteiger partial charge in [-0.15, -0.1) is 0 Å². The monoisotopic (exact) mass is 482 g/mol. The molecule has 2 unspecified atom stereocenters. The molecule has 0 radical (unpaired) electrons. The van der Waals surface area contributed by atoms with Crippen LogP contribution >= 0.6 is 0 Å². The van der Waals surface area contributed by atoms with E-state index in [9.17, 15) is 18.0 Å². The molecule has 2 aromatic carbocycles. The van der Waals surface area contributed by atoms with Crippen LogP contribution in [0.15, 0.2) is 58.2 Å². The molecule has 34 heavy (non-hydrogen) atoms. The predicted molar refractivity (Wildman–Crippen MR) is 132 cm³/mol. The summed E-state index contributed by atoms with van der Waals surface area (Å²) in [6, 6.07) is 13.0. The zero-order valence-corrected chi connectivity index (χ0v) is 20.5. The zero-order chi connectivity index (χ0) is 24.5. The highest BCUT2D eigenvalue weighted by Gasteiger charge is 2.35. The van der Waals surface area contributed by atoms with Crippen LogP contribution in [0.3, 0.4) is 0 Å². The lowest BCUT2D eigenvalue weighted by atomic mass is 10.0. The Morgan fingerprint density at radius 3 is 2.26 bits per heavy atom. The summed E-state index contributed by atoms with van der Waals surface area (Å²) in [4.78, 5) is 26.0. The number of aromatic nitrogens is 2. The Bertz CT molecular complexity index is 1360. The Morgan fingerprint density at radius 2 is 1.65 bits per heavy atom. The summed E-state index contributed by atoms with van der Waals surface area (Å²) in [5, 5.41) is 8.01. The summed E-state index contributed by atoms with van der Waals surface area (Å²) < 4.78 is 29.4. The second kappa shape index (κ2) is 9.68. The van der Waals surface area contributed by atoms with Crippen LogP contribution in [0.5, 0.6) is 0 Å². The van der Waals surface area contributed by atoms with E-state index in [-0.39, 0.29) is 28.2 Å². The predicted octanol–water partition coefficient (Wildman–Crippen LogP) is 4.01. The third-order valence-electron chi connectivity index (χ3n) is 6.32. The Balaban J connectivity index is 1.61. The van der Waals surface area contributed by atoms with Crippen LogP contribution in [0.1, 0.15) is 56.9 Å². The van der Waals surface area contributed by atoms with Crippen molar-refractivity contribution in [1.29, 1.82) is 0 Å². The number of hydrogen-bond donors (Lipinski definition) is 1. The van der Waals surface area contributed by atoms with Crippen molar-refractivity contribution in [3.63, 3.8) is 0 Å². The van der Waals surface area contributed by atoms with E-state index in [2.05, 4.69) is 10.4 Å². The molecule has 0 bridgehead atoms. The Hall–Kier alpha value is -3.04. The molecule has 1 N–H and O–H groups in total. The van der Waals surface area contributed by atoms with Gasteiger partial charge in [0.15, 0.2) is 5.69 Å². The lowest BCUT2D eigenvalue weighted by Crippen LogP contribution is -2.47. The average molecular weight is 483 g/mol. The van der Waals surface area contributed by atoms with Gasteiger partial charge in [0.2, 0.25) is 10.0 Å². The van der Waals surface area contributed by atoms with Crippen molar-refractivity contribution in [2.45, 2.75) is 70.0 Å². The first-order valence-electron chi connectivity index (χ1n) is 11.7. The highest BCUT2D eigenvalue weighted by Crippen LogP contribution is 2.30. The number of sulfonamides is 1. The maximum atomic E-state index is 13.2. The summed E-state index contributed by atoms with van der Waals surface area (Å²) in [6.07, 6.45) is 3.42. The fourth-order valence-electron chi connectivity index (χ4n) is 4.66. The quantitative estimate of drug-likeness (QED) is 0.572. The molecule has 0 saturated carbocycles. The number of anilines is 1. The maximum Gasteiger partial charge on any atom is 0.276 e. The second-order valence-corrected chi connectivity index (χ2v) is 10.7. The van der Waals surface area contributed by atoms with Crippen LogP contribution in [0.2, 0.25) is 0 Å². The van der Waals surface area contributed by atoms with Gasteiger partial charge in [0, 0.05) is 29.7 Å². The third kappa shape index (κ3) is 4.50. The molecular weight excluding hydrogens is 452 g/mol. The molecular formula is C25H30N4O4S. The van der Waals surface area contributed by atoms with Crippen molar-refractivity contribution < 1.29 is 13.2 Å². The van der Waals surface area contributed by atoms with E-state index in [1.54, 1.807) is 40.7 Å². The number of aryl methyl sites for hydroxylation is 1. The number of nitrogens with one attached hydrogen (secondary N) is 1. The van der Waals surface area contributed by atoms with Gasteiger partial charge in [0.25, 0.3) is 11.5 Å². The zero-order valence-electron chi connectivity index (χ0n) is 19.7. The van der Waals surface area contributed by atoms with E-state index in [0.29, 0.717) is 29.4 Å². The van der Waals surface area contributed by atoms with Crippen LogP contribution in [-0.2, 0) is 16.6 Å². The normalized spacial score (nSPS) is 19.3. The van der Waals surface area contributed by atoms with Gasteiger partial charge in [0.1, 0.15) is 0 Å².